The quantitative estimate of drug-likeness (QED) is 0.501. The average molecular weight is 497 g/mol. The Morgan fingerprint density at radius 3 is 2.75 bits per heavy atom. The summed E-state index contributed by atoms with van der Waals surface area (Å²) in [5.74, 6) is 2.06. The standard InChI is InChI=1S/C29H37FN2O4/c1-20(23-10-13-26(30)27(17-23)35-2)4-3-5-21-6-7-24(16-21)22-8-11-25(12-9-22)36-19-29(34)32-15-14-31-28(33)18-32/h8-13,17,20-21,24H,3-7,14-16,18-19H2,1-2H3,(H,31,33)/t20-,21?,24+/m0/s1. The van der Waals surface area contributed by atoms with E-state index in [4.69, 9.17) is 9.47 Å². The monoisotopic (exact) mass is 496 g/mol. The van der Waals surface area contributed by atoms with Gasteiger partial charge in [0.25, 0.3) is 5.91 Å². The molecule has 2 fully saturated rings. The molecule has 3 atom stereocenters. The van der Waals surface area contributed by atoms with Crippen LogP contribution >= 0.6 is 0 Å². The minimum Gasteiger partial charge on any atom is -0.494 e. The fraction of sp³-hybridized carbons (Fsp3) is 0.517. The van der Waals surface area contributed by atoms with Crippen molar-refractivity contribution < 1.29 is 23.5 Å². The zero-order valence-corrected chi connectivity index (χ0v) is 21.3. The number of carbonyl (C=O) groups excluding carboxylic acids is 2. The predicted molar refractivity (Wildman–Crippen MR) is 137 cm³/mol. The van der Waals surface area contributed by atoms with E-state index in [0.717, 1.165) is 24.3 Å². The van der Waals surface area contributed by atoms with Gasteiger partial charge in [-0.3, -0.25) is 9.59 Å². The number of piperazine rings is 1. The van der Waals surface area contributed by atoms with Crippen LogP contribution in [0, 0.1) is 11.7 Å². The SMILES string of the molecule is COc1cc([C@@H](C)CCCC2CC[C@@H](c3ccc(OCC(=O)N4CCNC(=O)C4)cc3)C2)ccc1F. The zero-order chi connectivity index (χ0) is 25.5. The number of hydrogen-bond acceptors (Lipinski definition) is 4. The summed E-state index contributed by atoms with van der Waals surface area (Å²) in [6.45, 7) is 3.26. The van der Waals surface area contributed by atoms with Crippen molar-refractivity contribution in [3.8, 4) is 11.5 Å². The van der Waals surface area contributed by atoms with E-state index in [0.29, 0.717) is 36.4 Å². The van der Waals surface area contributed by atoms with Crippen molar-refractivity contribution in [1.82, 2.24) is 10.2 Å². The normalized spacial score (nSPS) is 20.6. The van der Waals surface area contributed by atoms with Gasteiger partial charge in [0.2, 0.25) is 5.91 Å². The Morgan fingerprint density at radius 2 is 2.00 bits per heavy atom. The van der Waals surface area contributed by atoms with Crippen molar-refractivity contribution in [2.75, 3.05) is 33.4 Å². The number of halogens is 1. The third kappa shape index (κ3) is 6.77. The van der Waals surface area contributed by atoms with Gasteiger partial charge in [-0.2, -0.15) is 0 Å². The van der Waals surface area contributed by atoms with Crippen molar-refractivity contribution >= 4 is 11.8 Å². The summed E-state index contributed by atoms with van der Waals surface area (Å²) in [5.41, 5.74) is 2.46. The van der Waals surface area contributed by atoms with E-state index < -0.39 is 0 Å². The molecule has 1 saturated carbocycles. The van der Waals surface area contributed by atoms with Gasteiger partial charge in [0, 0.05) is 13.1 Å². The van der Waals surface area contributed by atoms with Gasteiger partial charge in [0.05, 0.1) is 13.7 Å². The first-order valence-corrected chi connectivity index (χ1v) is 13.0. The summed E-state index contributed by atoms with van der Waals surface area (Å²) >= 11 is 0. The summed E-state index contributed by atoms with van der Waals surface area (Å²) in [6.07, 6.45) is 7.12. The Kier molecular flexibility index (Phi) is 8.83. The number of methoxy groups -OCH3 is 1. The summed E-state index contributed by atoms with van der Waals surface area (Å²) < 4.78 is 24.5. The van der Waals surface area contributed by atoms with Crippen LogP contribution in [0.5, 0.6) is 11.5 Å². The highest BCUT2D eigenvalue weighted by Crippen LogP contribution is 2.41. The molecule has 36 heavy (non-hydrogen) atoms. The van der Waals surface area contributed by atoms with E-state index in [1.807, 2.05) is 24.3 Å². The van der Waals surface area contributed by atoms with Crippen molar-refractivity contribution in [2.24, 2.45) is 5.92 Å². The Labute approximate surface area is 213 Å². The van der Waals surface area contributed by atoms with Gasteiger partial charge in [0.15, 0.2) is 18.2 Å². The molecule has 2 amide bonds. The number of benzene rings is 2. The molecule has 1 heterocycles. The molecule has 1 aliphatic carbocycles. The molecule has 0 spiro atoms. The lowest BCUT2D eigenvalue weighted by Gasteiger charge is -2.26. The number of carbonyl (C=O) groups is 2. The van der Waals surface area contributed by atoms with Gasteiger partial charge in [-0.15, -0.1) is 0 Å². The maximum Gasteiger partial charge on any atom is 0.261 e. The number of hydrogen-bond donors (Lipinski definition) is 1. The zero-order valence-electron chi connectivity index (χ0n) is 21.3. The smallest absolute Gasteiger partial charge is 0.261 e. The van der Waals surface area contributed by atoms with Crippen molar-refractivity contribution in [3.05, 3.63) is 59.4 Å². The summed E-state index contributed by atoms with van der Waals surface area (Å²) in [6, 6.07) is 13.3. The predicted octanol–water partition coefficient (Wildman–Crippen LogP) is 5.03. The third-order valence-electron chi connectivity index (χ3n) is 7.64. The minimum absolute atomic E-state index is 0.0543. The van der Waals surface area contributed by atoms with Gasteiger partial charge in [-0.05, 0) is 78.8 Å². The highest BCUT2D eigenvalue weighted by molar-refractivity contribution is 5.86. The lowest BCUT2D eigenvalue weighted by Crippen LogP contribution is -2.51. The fourth-order valence-corrected chi connectivity index (χ4v) is 5.43. The van der Waals surface area contributed by atoms with Crippen LogP contribution in [-0.4, -0.2) is 50.1 Å². The van der Waals surface area contributed by atoms with Crippen molar-refractivity contribution in [2.45, 2.75) is 57.3 Å². The maximum atomic E-state index is 13.7. The van der Waals surface area contributed by atoms with Crippen LogP contribution in [0.3, 0.4) is 0 Å². The van der Waals surface area contributed by atoms with Gasteiger partial charge in [0.1, 0.15) is 5.75 Å². The van der Waals surface area contributed by atoms with Crippen molar-refractivity contribution in [1.29, 1.82) is 0 Å². The molecular formula is C29H37FN2O4. The molecule has 4 rings (SSSR count). The van der Waals surface area contributed by atoms with E-state index in [-0.39, 0.29) is 30.8 Å². The van der Waals surface area contributed by atoms with Crippen LogP contribution < -0.4 is 14.8 Å². The van der Waals surface area contributed by atoms with Gasteiger partial charge < -0.3 is 19.7 Å². The molecule has 2 aliphatic rings. The number of nitrogens with one attached hydrogen (secondary N) is 1. The highest BCUT2D eigenvalue weighted by Gasteiger charge is 2.26. The first-order valence-electron chi connectivity index (χ1n) is 13.0. The molecule has 0 bridgehead atoms. The number of nitrogens with zero attached hydrogens (tertiary/aromatic N) is 1. The third-order valence-corrected chi connectivity index (χ3v) is 7.64. The largest absolute Gasteiger partial charge is 0.494 e. The molecule has 1 saturated heterocycles. The van der Waals surface area contributed by atoms with Gasteiger partial charge in [-0.1, -0.05) is 38.0 Å². The first-order chi connectivity index (χ1) is 17.4. The van der Waals surface area contributed by atoms with E-state index in [1.165, 1.54) is 49.3 Å². The Bertz CT molecular complexity index is 1040. The Hall–Kier alpha value is -3.09. The average Bonchev–Trinajstić information content (AvgIpc) is 3.36. The second kappa shape index (κ2) is 12.2. The number of ether oxygens (including phenoxy) is 2. The highest BCUT2D eigenvalue weighted by atomic mass is 19.1. The first kappa shape index (κ1) is 26.0. The Morgan fingerprint density at radius 1 is 1.19 bits per heavy atom. The second-order valence-electron chi connectivity index (χ2n) is 10.1. The molecule has 6 nitrogen and oxygen atoms in total. The van der Waals surface area contributed by atoms with E-state index >= 15 is 0 Å². The van der Waals surface area contributed by atoms with Crippen LogP contribution in [0.15, 0.2) is 42.5 Å². The number of amides is 2. The van der Waals surface area contributed by atoms with Crippen LogP contribution in [0.4, 0.5) is 4.39 Å². The van der Waals surface area contributed by atoms with Crippen LogP contribution in [0.1, 0.15) is 68.4 Å². The summed E-state index contributed by atoms with van der Waals surface area (Å²) in [5, 5.41) is 2.72. The maximum absolute atomic E-state index is 13.7. The van der Waals surface area contributed by atoms with Crippen LogP contribution in [0.2, 0.25) is 0 Å². The lowest BCUT2D eigenvalue weighted by atomic mass is 9.91. The topological polar surface area (TPSA) is 67.9 Å². The molecule has 0 radical (unpaired) electrons. The molecule has 194 valence electrons. The molecule has 2 aromatic rings. The molecular weight excluding hydrogens is 459 g/mol. The summed E-state index contributed by atoms with van der Waals surface area (Å²) in [4.78, 5) is 25.3. The Balaban J connectivity index is 1.18. The van der Waals surface area contributed by atoms with Crippen LogP contribution in [0.25, 0.3) is 0 Å². The molecule has 1 N–H and O–H groups in total. The number of rotatable bonds is 10. The summed E-state index contributed by atoms with van der Waals surface area (Å²) in [7, 11) is 1.50. The van der Waals surface area contributed by atoms with E-state index in [9.17, 15) is 14.0 Å². The second-order valence-corrected chi connectivity index (χ2v) is 10.1. The van der Waals surface area contributed by atoms with E-state index in [2.05, 4.69) is 24.4 Å². The molecule has 1 aliphatic heterocycles. The fourth-order valence-electron chi connectivity index (χ4n) is 5.43. The van der Waals surface area contributed by atoms with Gasteiger partial charge in [-0.25, -0.2) is 4.39 Å². The molecule has 0 aromatic heterocycles. The van der Waals surface area contributed by atoms with E-state index in [1.54, 1.807) is 0 Å². The molecule has 2 aromatic carbocycles. The molecule has 1 unspecified atom stereocenters. The molecule has 7 heteroatoms. The van der Waals surface area contributed by atoms with Crippen molar-refractivity contribution in [3.63, 3.8) is 0 Å². The lowest BCUT2D eigenvalue weighted by molar-refractivity contribution is -0.139. The van der Waals surface area contributed by atoms with Crippen LogP contribution in [-0.2, 0) is 9.59 Å². The minimum atomic E-state index is -0.313. The van der Waals surface area contributed by atoms with Gasteiger partial charge >= 0.3 is 0 Å².